The van der Waals surface area contributed by atoms with Gasteiger partial charge in [-0.25, -0.2) is 0 Å². The molecule has 0 aromatic rings. The summed E-state index contributed by atoms with van der Waals surface area (Å²) in [5.74, 6) is 0.378. The number of aliphatic hydroxyl groups is 1. The van der Waals surface area contributed by atoms with Gasteiger partial charge in [-0.05, 0) is 39.2 Å². The molecule has 1 saturated heterocycles. The lowest BCUT2D eigenvalue weighted by Gasteiger charge is -2.48. The smallest absolute Gasteiger partial charge is 0.0727 e. The van der Waals surface area contributed by atoms with Crippen molar-refractivity contribution in [3.63, 3.8) is 0 Å². The zero-order valence-electron chi connectivity index (χ0n) is 10.5. The van der Waals surface area contributed by atoms with Gasteiger partial charge < -0.3 is 16.2 Å². The number of rotatable bonds is 3. The highest BCUT2D eigenvalue weighted by atomic mass is 16.3. The molecule has 2 unspecified atom stereocenters. The van der Waals surface area contributed by atoms with Crippen molar-refractivity contribution in [2.24, 2.45) is 17.1 Å². The second kappa shape index (κ2) is 4.63. The van der Waals surface area contributed by atoms with Crippen molar-refractivity contribution in [2.45, 2.75) is 51.0 Å². The maximum atomic E-state index is 11.0. The molecule has 0 spiro atoms. The van der Waals surface area contributed by atoms with Gasteiger partial charge in [-0.15, -0.1) is 0 Å². The van der Waals surface area contributed by atoms with Crippen LogP contribution in [0.3, 0.4) is 0 Å². The molecule has 16 heavy (non-hydrogen) atoms. The fraction of sp³-hybridized carbons (Fsp3) is 1.00. The van der Waals surface area contributed by atoms with E-state index in [4.69, 9.17) is 5.73 Å². The third-order valence-electron chi connectivity index (χ3n) is 5.12. The van der Waals surface area contributed by atoms with Gasteiger partial charge in [0.25, 0.3) is 0 Å². The molecule has 2 rings (SSSR count). The van der Waals surface area contributed by atoms with Crippen molar-refractivity contribution in [3.05, 3.63) is 0 Å². The first-order valence-electron chi connectivity index (χ1n) is 6.75. The van der Waals surface area contributed by atoms with Crippen molar-refractivity contribution < 1.29 is 5.11 Å². The summed E-state index contributed by atoms with van der Waals surface area (Å²) in [4.78, 5) is 0. The molecule has 1 aliphatic heterocycles. The maximum absolute atomic E-state index is 11.0. The Kier molecular flexibility index (Phi) is 3.57. The SMILES string of the molecule is CC(O)(C1CCCNC1)C1(CN)CCCC1. The van der Waals surface area contributed by atoms with E-state index in [0.29, 0.717) is 12.5 Å². The van der Waals surface area contributed by atoms with E-state index in [1.165, 1.54) is 19.3 Å². The van der Waals surface area contributed by atoms with Gasteiger partial charge in [-0.2, -0.15) is 0 Å². The van der Waals surface area contributed by atoms with Crippen LogP contribution in [0.5, 0.6) is 0 Å². The summed E-state index contributed by atoms with van der Waals surface area (Å²) in [7, 11) is 0. The standard InChI is InChI=1S/C13H26N2O/c1-12(16,11-5-4-8-15-9-11)13(10-14)6-2-3-7-13/h11,15-16H,2-10,14H2,1H3. The zero-order chi connectivity index (χ0) is 11.6. The van der Waals surface area contributed by atoms with Gasteiger partial charge in [0.15, 0.2) is 0 Å². The molecule has 4 N–H and O–H groups in total. The van der Waals surface area contributed by atoms with Gasteiger partial charge in [-0.1, -0.05) is 12.8 Å². The van der Waals surface area contributed by atoms with Crippen LogP contribution in [0.2, 0.25) is 0 Å². The summed E-state index contributed by atoms with van der Waals surface area (Å²) < 4.78 is 0. The topological polar surface area (TPSA) is 58.3 Å². The highest BCUT2D eigenvalue weighted by Gasteiger charge is 2.51. The van der Waals surface area contributed by atoms with Crippen LogP contribution in [0.15, 0.2) is 0 Å². The van der Waals surface area contributed by atoms with Crippen LogP contribution in [0.25, 0.3) is 0 Å². The van der Waals surface area contributed by atoms with E-state index >= 15 is 0 Å². The fourth-order valence-corrected chi connectivity index (χ4v) is 3.73. The van der Waals surface area contributed by atoms with Gasteiger partial charge >= 0.3 is 0 Å². The monoisotopic (exact) mass is 226 g/mol. The molecular formula is C13H26N2O. The van der Waals surface area contributed by atoms with Gasteiger partial charge in [0, 0.05) is 24.4 Å². The van der Waals surface area contributed by atoms with Gasteiger partial charge in [0.05, 0.1) is 5.60 Å². The Balaban J connectivity index is 2.14. The Morgan fingerprint density at radius 1 is 1.38 bits per heavy atom. The summed E-state index contributed by atoms with van der Waals surface area (Å²) >= 11 is 0. The highest BCUT2D eigenvalue weighted by Crippen LogP contribution is 2.49. The summed E-state index contributed by atoms with van der Waals surface area (Å²) in [5.41, 5.74) is 5.37. The molecule has 1 heterocycles. The summed E-state index contributed by atoms with van der Waals surface area (Å²) in [6, 6.07) is 0. The highest BCUT2D eigenvalue weighted by molar-refractivity contribution is 5.04. The Labute approximate surface area is 98.8 Å². The van der Waals surface area contributed by atoms with E-state index in [-0.39, 0.29) is 5.41 Å². The van der Waals surface area contributed by atoms with Gasteiger partial charge in [-0.3, -0.25) is 0 Å². The lowest BCUT2D eigenvalue weighted by atomic mass is 9.64. The zero-order valence-corrected chi connectivity index (χ0v) is 10.5. The predicted molar refractivity (Wildman–Crippen MR) is 66.2 cm³/mol. The summed E-state index contributed by atoms with van der Waals surface area (Å²) in [5, 5.41) is 14.4. The van der Waals surface area contributed by atoms with Crippen molar-refractivity contribution in [1.29, 1.82) is 0 Å². The van der Waals surface area contributed by atoms with Crippen LogP contribution in [0.4, 0.5) is 0 Å². The minimum absolute atomic E-state index is 0.0172. The molecule has 0 radical (unpaired) electrons. The van der Waals surface area contributed by atoms with E-state index in [2.05, 4.69) is 5.32 Å². The lowest BCUT2D eigenvalue weighted by Crippen LogP contribution is -2.57. The molecule has 3 nitrogen and oxygen atoms in total. The molecule has 1 saturated carbocycles. The third kappa shape index (κ3) is 1.89. The molecule has 2 fully saturated rings. The van der Waals surface area contributed by atoms with Crippen molar-refractivity contribution in [3.8, 4) is 0 Å². The van der Waals surface area contributed by atoms with Crippen LogP contribution in [0.1, 0.15) is 45.4 Å². The van der Waals surface area contributed by atoms with Crippen molar-refractivity contribution >= 4 is 0 Å². The number of piperidine rings is 1. The first-order chi connectivity index (χ1) is 7.62. The number of nitrogens with two attached hydrogens (primary N) is 1. The minimum atomic E-state index is -0.592. The summed E-state index contributed by atoms with van der Waals surface area (Å²) in [6.07, 6.45) is 6.99. The predicted octanol–water partition coefficient (Wildman–Crippen LogP) is 1.26. The fourth-order valence-electron chi connectivity index (χ4n) is 3.73. The van der Waals surface area contributed by atoms with Crippen molar-refractivity contribution in [1.82, 2.24) is 5.32 Å². The first-order valence-corrected chi connectivity index (χ1v) is 6.75. The Morgan fingerprint density at radius 3 is 2.56 bits per heavy atom. The molecule has 94 valence electrons. The second-order valence-corrected chi connectivity index (χ2v) is 5.88. The normalized spacial score (nSPS) is 33.6. The van der Waals surface area contributed by atoms with Crippen LogP contribution < -0.4 is 11.1 Å². The Hall–Kier alpha value is -0.120. The molecule has 0 bridgehead atoms. The molecule has 0 aromatic carbocycles. The molecule has 3 heteroatoms. The van der Waals surface area contributed by atoms with Gasteiger partial charge in [0.1, 0.15) is 0 Å². The Morgan fingerprint density at radius 2 is 2.06 bits per heavy atom. The largest absolute Gasteiger partial charge is 0.389 e. The number of hydrogen-bond acceptors (Lipinski definition) is 3. The van der Waals surface area contributed by atoms with Gasteiger partial charge in [0.2, 0.25) is 0 Å². The van der Waals surface area contributed by atoms with Crippen LogP contribution >= 0.6 is 0 Å². The lowest BCUT2D eigenvalue weighted by molar-refractivity contribution is -0.112. The van der Waals surface area contributed by atoms with Crippen LogP contribution in [-0.4, -0.2) is 30.3 Å². The average Bonchev–Trinajstić information content (AvgIpc) is 2.80. The van der Waals surface area contributed by atoms with E-state index in [0.717, 1.165) is 32.4 Å². The third-order valence-corrected chi connectivity index (χ3v) is 5.12. The second-order valence-electron chi connectivity index (χ2n) is 5.88. The number of nitrogens with one attached hydrogen (secondary N) is 1. The van der Waals surface area contributed by atoms with E-state index in [1.54, 1.807) is 0 Å². The number of hydrogen-bond donors (Lipinski definition) is 3. The minimum Gasteiger partial charge on any atom is -0.389 e. The average molecular weight is 226 g/mol. The van der Waals surface area contributed by atoms with E-state index in [1.807, 2.05) is 6.92 Å². The van der Waals surface area contributed by atoms with Crippen LogP contribution in [0, 0.1) is 11.3 Å². The molecule has 1 aliphatic carbocycles. The Bertz CT molecular complexity index is 228. The van der Waals surface area contributed by atoms with Crippen molar-refractivity contribution in [2.75, 3.05) is 19.6 Å². The molecule has 0 amide bonds. The maximum Gasteiger partial charge on any atom is 0.0727 e. The summed E-state index contributed by atoms with van der Waals surface area (Å²) in [6.45, 7) is 4.72. The van der Waals surface area contributed by atoms with Crippen LogP contribution in [-0.2, 0) is 0 Å². The first kappa shape index (κ1) is 12.3. The molecule has 0 aromatic heterocycles. The van der Waals surface area contributed by atoms with E-state index in [9.17, 15) is 5.11 Å². The molecule has 2 atom stereocenters. The van der Waals surface area contributed by atoms with E-state index < -0.39 is 5.60 Å². The quantitative estimate of drug-likeness (QED) is 0.679. The molecule has 2 aliphatic rings. The molecular weight excluding hydrogens is 200 g/mol.